The summed E-state index contributed by atoms with van der Waals surface area (Å²) in [5.74, 6) is 0. The zero-order valence-corrected chi connectivity index (χ0v) is 13.3. The summed E-state index contributed by atoms with van der Waals surface area (Å²) >= 11 is 0. The van der Waals surface area contributed by atoms with E-state index < -0.39 is 0 Å². The molecule has 0 atom stereocenters. The number of ether oxygens (including phenoxy) is 1. The Bertz CT molecular complexity index is 246. The van der Waals surface area contributed by atoms with Gasteiger partial charge in [-0.1, -0.05) is 57.6 Å². The molecule has 0 aromatic rings. The van der Waals surface area contributed by atoms with Crippen LogP contribution in [0.2, 0.25) is 0 Å². The minimum Gasteiger partial charge on any atom is -0.385 e. The summed E-state index contributed by atoms with van der Waals surface area (Å²) in [6, 6.07) is 0. The molecule has 0 N–H and O–H groups in total. The molecule has 1 aliphatic carbocycles. The molecule has 0 amide bonds. The van der Waals surface area contributed by atoms with Crippen LogP contribution >= 0.6 is 0 Å². The summed E-state index contributed by atoms with van der Waals surface area (Å²) in [7, 11) is 1.75. The van der Waals surface area contributed by atoms with Gasteiger partial charge in [-0.25, -0.2) is 0 Å². The largest absolute Gasteiger partial charge is 0.385 e. The van der Waals surface area contributed by atoms with Crippen molar-refractivity contribution in [3.63, 3.8) is 0 Å². The summed E-state index contributed by atoms with van der Waals surface area (Å²) in [5.41, 5.74) is 2.86. The zero-order valence-electron chi connectivity index (χ0n) is 13.3. The van der Waals surface area contributed by atoms with Crippen molar-refractivity contribution < 1.29 is 4.74 Å². The highest BCUT2D eigenvalue weighted by atomic mass is 16.5. The van der Waals surface area contributed by atoms with Crippen molar-refractivity contribution in [3.05, 3.63) is 35.5 Å². The molecule has 0 saturated carbocycles. The van der Waals surface area contributed by atoms with E-state index in [1.165, 1.54) is 24.0 Å². The van der Waals surface area contributed by atoms with E-state index in [4.69, 9.17) is 4.74 Å². The fraction of sp³-hybridized carbons (Fsp3) is 0.647. The predicted octanol–water partition coefficient (Wildman–Crippen LogP) is 5.69. The van der Waals surface area contributed by atoms with Gasteiger partial charge in [0.15, 0.2) is 0 Å². The molecule has 0 aromatic carbocycles. The fourth-order valence-corrected chi connectivity index (χ4v) is 1.60. The molecule has 106 valence electrons. The van der Waals surface area contributed by atoms with Crippen LogP contribution in [0.15, 0.2) is 35.5 Å². The lowest BCUT2D eigenvalue weighted by Crippen LogP contribution is -1.88. The number of hydrogen-bond acceptors (Lipinski definition) is 1. The lowest BCUT2D eigenvalue weighted by Gasteiger charge is -2.07. The molecule has 0 aliphatic heterocycles. The summed E-state index contributed by atoms with van der Waals surface area (Å²) in [6.45, 7) is 11.0. The number of hydrogen-bond donors (Lipinski definition) is 0. The van der Waals surface area contributed by atoms with Gasteiger partial charge in [0, 0.05) is 13.7 Å². The maximum atomic E-state index is 4.99. The Morgan fingerprint density at radius 3 is 2.44 bits per heavy atom. The minimum absolute atomic E-state index is 0.863. The van der Waals surface area contributed by atoms with Gasteiger partial charge in [0.25, 0.3) is 0 Å². The molecule has 0 radical (unpaired) electrons. The van der Waals surface area contributed by atoms with E-state index in [-0.39, 0.29) is 0 Å². The molecule has 0 saturated heterocycles. The molecule has 0 aromatic heterocycles. The molecule has 0 fully saturated rings. The Balaban J connectivity index is 0. The highest BCUT2D eigenvalue weighted by Gasteiger charge is 1.98. The third kappa shape index (κ3) is 11.7. The van der Waals surface area contributed by atoms with E-state index >= 15 is 0 Å². The van der Waals surface area contributed by atoms with E-state index in [2.05, 4.69) is 31.2 Å². The van der Waals surface area contributed by atoms with Crippen molar-refractivity contribution in [1.82, 2.24) is 0 Å². The molecule has 1 rings (SSSR count). The second-order valence-corrected chi connectivity index (χ2v) is 3.74. The summed E-state index contributed by atoms with van der Waals surface area (Å²) in [5, 5.41) is 0. The van der Waals surface area contributed by atoms with Crippen LogP contribution in [-0.2, 0) is 4.74 Å². The van der Waals surface area contributed by atoms with Crippen LogP contribution in [0.4, 0.5) is 0 Å². The number of allylic oxidation sites excluding steroid dienone is 6. The molecule has 1 nitrogen and oxygen atoms in total. The van der Waals surface area contributed by atoms with Gasteiger partial charge in [-0.3, -0.25) is 0 Å². The third-order valence-corrected chi connectivity index (χ3v) is 2.36. The van der Waals surface area contributed by atoms with E-state index in [9.17, 15) is 0 Å². The quantitative estimate of drug-likeness (QED) is 0.571. The summed E-state index contributed by atoms with van der Waals surface area (Å²) < 4.78 is 4.99. The Labute approximate surface area is 115 Å². The highest BCUT2D eigenvalue weighted by Crippen LogP contribution is 2.17. The lowest BCUT2D eigenvalue weighted by atomic mass is 10.00. The first kappa shape index (κ1) is 19.5. The van der Waals surface area contributed by atoms with E-state index in [1.54, 1.807) is 7.11 Å². The average molecular weight is 252 g/mol. The first-order chi connectivity index (χ1) is 8.83. The Kier molecular flexibility index (Phi) is 17.5. The SMILES string of the molecule is CC.CC.COCCC/C=C/C1=CC(C)=CCC1. The van der Waals surface area contributed by atoms with Crippen molar-refractivity contribution in [2.75, 3.05) is 13.7 Å². The maximum Gasteiger partial charge on any atom is 0.0465 e. The molecule has 1 aliphatic rings. The number of unbranched alkanes of at least 4 members (excludes halogenated alkanes) is 1. The second-order valence-electron chi connectivity index (χ2n) is 3.74. The molecule has 0 spiro atoms. The number of rotatable bonds is 5. The van der Waals surface area contributed by atoms with Crippen LogP contribution in [0.5, 0.6) is 0 Å². The van der Waals surface area contributed by atoms with Crippen molar-refractivity contribution >= 4 is 0 Å². The fourth-order valence-electron chi connectivity index (χ4n) is 1.60. The van der Waals surface area contributed by atoms with Crippen LogP contribution in [0.25, 0.3) is 0 Å². The van der Waals surface area contributed by atoms with E-state index in [0.717, 1.165) is 19.4 Å². The summed E-state index contributed by atoms with van der Waals surface area (Å²) in [4.78, 5) is 0. The van der Waals surface area contributed by atoms with Gasteiger partial charge in [-0.05, 0) is 38.2 Å². The van der Waals surface area contributed by atoms with Crippen molar-refractivity contribution in [2.45, 2.75) is 60.3 Å². The molecule has 0 bridgehead atoms. The van der Waals surface area contributed by atoms with Gasteiger partial charge in [-0.15, -0.1) is 0 Å². The van der Waals surface area contributed by atoms with Gasteiger partial charge in [0.1, 0.15) is 0 Å². The van der Waals surface area contributed by atoms with Gasteiger partial charge < -0.3 is 4.74 Å². The molecular weight excluding hydrogens is 220 g/mol. The topological polar surface area (TPSA) is 9.23 Å². The normalized spacial score (nSPS) is 13.9. The second kappa shape index (κ2) is 16.2. The third-order valence-electron chi connectivity index (χ3n) is 2.36. The first-order valence-electron chi connectivity index (χ1n) is 7.36. The van der Waals surface area contributed by atoms with Crippen molar-refractivity contribution in [3.8, 4) is 0 Å². The minimum atomic E-state index is 0.863. The monoisotopic (exact) mass is 252 g/mol. The maximum absolute atomic E-state index is 4.99. The van der Waals surface area contributed by atoms with Crippen molar-refractivity contribution in [1.29, 1.82) is 0 Å². The predicted molar refractivity (Wildman–Crippen MR) is 84.0 cm³/mol. The number of methoxy groups -OCH3 is 1. The Morgan fingerprint density at radius 1 is 1.22 bits per heavy atom. The smallest absolute Gasteiger partial charge is 0.0465 e. The standard InChI is InChI=1S/C13H20O.2C2H6/c1-12-7-6-9-13(11-12)8-4-3-5-10-14-2;2*1-2/h4,7-8,11H,3,5-6,9-10H2,1-2H3;2*1-2H3/b8-4+;;. The van der Waals surface area contributed by atoms with E-state index in [0.29, 0.717) is 0 Å². The first-order valence-corrected chi connectivity index (χ1v) is 7.36. The molecule has 18 heavy (non-hydrogen) atoms. The highest BCUT2D eigenvalue weighted by molar-refractivity contribution is 5.32. The van der Waals surface area contributed by atoms with Crippen LogP contribution < -0.4 is 0 Å². The van der Waals surface area contributed by atoms with Crippen LogP contribution in [0.1, 0.15) is 60.3 Å². The van der Waals surface area contributed by atoms with Gasteiger partial charge >= 0.3 is 0 Å². The Hall–Kier alpha value is -0.820. The van der Waals surface area contributed by atoms with Crippen LogP contribution in [0.3, 0.4) is 0 Å². The van der Waals surface area contributed by atoms with Crippen LogP contribution in [0, 0.1) is 0 Å². The molecule has 0 unspecified atom stereocenters. The Morgan fingerprint density at radius 2 is 1.89 bits per heavy atom. The molecule has 0 heterocycles. The lowest BCUT2D eigenvalue weighted by molar-refractivity contribution is 0.196. The molecular formula is C17H32O. The van der Waals surface area contributed by atoms with Gasteiger partial charge in [0.2, 0.25) is 0 Å². The van der Waals surface area contributed by atoms with Crippen LogP contribution in [-0.4, -0.2) is 13.7 Å². The summed E-state index contributed by atoms with van der Waals surface area (Å²) in [6.07, 6.45) is 13.7. The average Bonchev–Trinajstić information content (AvgIpc) is 2.43. The van der Waals surface area contributed by atoms with E-state index in [1.807, 2.05) is 27.7 Å². The van der Waals surface area contributed by atoms with Gasteiger partial charge in [-0.2, -0.15) is 0 Å². The van der Waals surface area contributed by atoms with Crippen molar-refractivity contribution in [2.24, 2.45) is 0 Å². The molecule has 1 heteroatoms. The zero-order chi connectivity index (χ0) is 14.2. The van der Waals surface area contributed by atoms with Gasteiger partial charge in [0.05, 0.1) is 0 Å².